The Balaban J connectivity index is 0. The zero-order valence-corrected chi connectivity index (χ0v) is 10.1. The van der Waals surface area contributed by atoms with Crippen LogP contribution in [0.2, 0.25) is 0 Å². The number of hydrogen-bond acceptors (Lipinski definition) is 0. The molecular formula is C5H7Br2Zr. The van der Waals surface area contributed by atoms with Gasteiger partial charge in [-0.2, -0.15) is 0 Å². The quantitative estimate of drug-likeness (QED) is 0.644. The second kappa shape index (κ2) is 6.44. The molecule has 1 rings (SSSR count). The molecule has 0 bridgehead atoms. The van der Waals surface area contributed by atoms with Crippen LogP contribution in [0.3, 0.4) is 0 Å². The van der Waals surface area contributed by atoms with E-state index in [2.05, 4.69) is 18.2 Å². The van der Waals surface area contributed by atoms with Crippen LogP contribution in [-0.2, 0) is 24.7 Å². The van der Waals surface area contributed by atoms with Gasteiger partial charge >= 0.3 is 52.6 Å². The molecular weight excluding hydrogens is 311 g/mol. The molecule has 0 aromatic rings. The van der Waals surface area contributed by atoms with E-state index in [0.717, 1.165) is 0 Å². The van der Waals surface area contributed by atoms with Crippen molar-refractivity contribution in [2.45, 2.75) is 6.42 Å². The minimum atomic E-state index is 0. The van der Waals surface area contributed by atoms with E-state index < -0.39 is 0 Å². The van der Waals surface area contributed by atoms with Gasteiger partial charge in [-0.3, -0.25) is 0 Å². The van der Waals surface area contributed by atoms with E-state index in [0.29, 0.717) is 0 Å². The molecule has 0 nitrogen and oxygen atoms in total. The molecule has 0 saturated heterocycles. The van der Waals surface area contributed by atoms with Gasteiger partial charge in [-0.15, -0.1) is 34.0 Å². The van der Waals surface area contributed by atoms with Gasteiger partial charge in [0.15, 0.2) is 0 Å². The van der Waals surface area contributed by atoms with Crippen molar-refractivity contribution in [2.75, 3.05) is 0 Å². The van der Waals surface area contributed by atoms with Gasteiger partial charge in [-0.25, -0.2) is 0 Å². The second-order valence-corrected chi connectivity index (χ2v) is 2.90. The Labute approximate surface area is 85.8 Å². The van der Waals surface area contributed by atoms with E-state index in [1.807, 2.05) is 0 Å². The summed E-state index contributed by atoms with van der Waals surface area (Å²) in [6.45, 7) is 0. The number of halogens is 2. The van der Waals surface area contributed by atoms with Crippen molar-refractivity contribution in [2.24, 2.45) is 0 Å². The van der Waals surface area contributed by atoms with Crippen LogP contribution < -0.4 is 0 Å². The molecule has 0 atom stereocenters. The SMILES string of the molecule is Br.Br.[Zr][C]1=CC=CC1. The number of allylic oxidation sites excluding steroid dienone is 4. The summed E-state index contributed by atoms with van der Waals surface area (Å²) < 4.78 is 1.56. The molecule has 0 N–H and O–H groups in total. The molecule has 8 heavy (non-hydrogen) atoms. The molecule has 1 aliphatic carbocycles. The fraction of sp³-hybridized carbons (Fsp3) is 0.200. The van der Waals surface area contributed by atoms with E-state index in [-0.39, 0.29) is 34.0 Å². The third-order valence-corrected chi connectivity index (χ3v) is 1.68. The Hall–Kier alpha value is 1.32. The molecule has 0 aromatic heterocycles. The predicted octanol–water partition coefficient (Wildman–Crippen LogP) is 2.53. The standard InChI is InChI=1S/C5H5.2BrH.Zr/c1-2-4-5-3-1;;;/h1-3H,4H2;2*1H;. The maximum absolute atomic E-state index is 2.18. The van der Waals surface area contributed by atoms with Crippen LogP contribution in [-0.4, -0.2) is 0 Å². The summed E-state index contributed by atoms with van der Waals surface area (Å²) in [6, 6.07) is 0. The molecule has 0 amide bonds. The van der Waals surface area contributed by atoms with Gasteiger partial charge in [0.2, 0.25) is 0 Å². The molecule has 0 unspecified atom stereocenters. The van der Waals surface area contributed by atoms with Crippen LogP contribution in [0.4, 0.5) is 0 Å². The van der Waals surface area contributed by atoms with Crippen LogP contribution in [0.5, 0.6) is 0 Å². The Morgan fingerprint density at radius 2 is 2.00 bits per heavy atom. The Morgan fingerprint density at radius 3 is 2.12 bits per heavy atom. The van der Waals surface area contributed by atoms with Crippen LogP contribution in [0.15, 0.2) is 21.5 Å². The molecule has 0 heterocycles. The molecule has 45 valence electrons. The third kappa shape index (κ3) is 4.23. The normalized spacial score (nSPS) is 13.6. The van der Waals surface area contributed by atoms with Crippen LogP contribution >= 0.6 is 34.0 Å². The Bertz CT molecular complexity index is 107. The molecule has 1 aliphatic rings. The third-order valence-electron chi connectivity index (χ3n) is 0.771. The molecule has 0 aromatic carbocycles. The van der Waals surface area contributed by atoms with Gasteiger partial charge in [-0.1, -0.05) is 0 Å². The van der Waals surface area contributed by atoms with E-state index in [9.17, 15) is 0 Å². The van der Waals surface area contributed by atoms with Gasteiger partial charge < -0.3 is 0 Å². The van der Waals surface area contributed by atoms with E-state index >= 15 is 0 Å². The van der Waals surface area contributed by atoms with Crippen LogP contribution in [0.25, 0.3) is 0 Å². The van der Waals surface area contributed by atoms with E-state index in [4.69, 9.17) is 0 Å². The van der Waals surface area contributed by atoms with Crippen molar-refractivity contribution >= 4 is 34.0 Å². The number of hydrogen-bond donors (Lipinski definition) is 0. The van der Waals surface area contributed by atoms with Crippen molar-refractivity contribution in [3.05, 3.63) is 21.5 Å². The summed E-state index contributed by atoms with van der Waals surface area (Å²) in [5.74, 6) is 0. The van der Waals surface area contributed by atoms with Gasteiger partial charge in [0.05, 0.1) is 0 Å². The molecule has 3 heteroatoms. The van der Waals surface area contributed by atoms with Crippen molar-refractivity contribution in [3.63, 3.8) is 0 Å². The first-order chi connectivity index (χ1) is 2.89. The van der Waals surface area contributed by atoms with Crippen molar-refractivity contribution in [3.8, 4) is 0 Å². The molecule has 0 fully saturated rings. The summed E-state index contributed by atoms with van der Waals surface area (Å²) in [5.41, 5.74) is 0. The van der Waals surface area contributed by atoms with Gasteiger partial charge in [0.1, 0.15) is 0 Å². The topological polar surface area (TPSA) is 0 Å². The molecule has 0 aliphatic heterocycles. The van der Waals surface area contributed by atoms with E-state index in [1.165, 1.54) is 6.42 Å². The average Bonchev–Trinajstić information content (AvgIpc) is 1.86. The molecule has 0 spiro atoms. The van der Waals surface area contributed by atoms with Gasteiger partial charge in [-0.05, 0) is 0 Å². The van der Waals surface area contributed by atoms with E-state index in [1.54, 1.807) is 28.0 Å². The summed E-state index contributed by atoms with van der Waals surface area (Å²) in [5, 5.41) is 0. The number of rotatable bonds is 0. The summed E-state index contributed by atoms with van der Waals surface area (Å²) in [4.78, 5) is 0. The maximum atomic E-state index is 2.18. The van der Waals surface area contributed by atoms with Crippen molar-refractivity contribution in [1.29, 1.82) is 0 Å². The Kier molecular flexibility index (Phi) is 9.70. The molecule has 0 radical (unpaired) electrons. The van der Waals surface area contributed by atoms with Crippen LogP contribution in [0, 0.1) is 0 Å². The zero-order chi connectivity index (χ0) is 4.41. The summed E-state index contributed by atoms with van der Waals surface area (Å²) >= 11 is 1.56. The van der Waals surface area contributed by atoms with Crippen molar-refractivity contribution in [1.82, 2.24) is 0 Å². The van der Waals surface area contributed by atoms with Gasteiger partial charge in [0, 0.05) is 0 Å². The zero-order valence-electron chi connectivity index (χ0n) is 4.26. The first-order valence-corrected chi connectivity index (χ1v) is 3.20. The Morgan fingerprint density at radius 1 is 1.38 bits per heavy atom. The average molecular weight is 318 g/mol. The predicted molar refractivity (Wildman–Crippen MR) is 42.5 cm³/mol. The monoisotopic (exact) mass is 315 g/mol. The fourth-order valence-corrected chi connectivity index (χ4v) is 0.973. The molecule has 0 saturated carbocycles. The second-order valence-electron chi connectivity index (χ2n) is 1.32. The fourth-order valence-electron chi connectivity index (χ4n) is 0.447. The van der Waals surface area contributed by atoms with Crippen molar-refractivity contribution < 1.29 is 24.7 Å². The van der Waals surface area contributed by atoms with Gasteiger partial charge in [0.25, 0.3) is 0 Å². The van der Waals surface area contributed by atoms with Crippen LogP contribution in [0.1, 0.15) is 6.42 Å². The first kappa shape index (κ1) is 12.0. The summed E-state index contributed by atoms with van der Waals surface area (Å²) in [6.07, 6.45) is 7.69. The first-order valence-electron chi connectivity index (χ1n) is 1.97. The minimum absolute atomic E-state index is 0. The summed E-state index contributed by atoms with van der Waals surface area (Å²) in [7, 11) is 0.